The van der Waals surface area contributed by atoms with E-state index in [9.17, 15) is 0 Å². The molecule has 110 valence electrons. The molecular formula is C18H21NO2. The van der Waals surface area contributed by atoms with E-state index in [0.29, 0.717) is 0 Å². The van der Waals surface area contributed by atoms with Crippen LogP contribution in [-0.4, -0.2) is 20.3 Å². The lowest BCUT2D eigenvalue weighted by Gasteiger charge is -2.27. The van der Waals surface area contributed by atoms with Gasteiger partial charge in [0.05, 0.1) is 12.8 Å². The van der Waals surface area contributed by atoms with Gasteiger partial charge >= 0.3 is 0 Å². The Kier molecular flexibility index (Phi) is 3.50. The fourth-order valence-electron chi connectivity index (χ4n) is 3.03. The largest absolute Gasteiger partial charge is 0.497 e. The van der Waals surface area contributed by atoms with E-state index in [1.165, 1.54) is 27.8 Å². The van der Waals surface area contributed by atoms with E-state index >= 15 is 0 Å². The number of ether oxygens (including phenoxy) is 2. The minimum Gasteiger partial charge on any atom is -0.497 e. The van der Waals surface area contributed by atoms with Crippen molar-refractivity contribution in [2.24, 2.45) is 0 Å². The molecule has 2 aromatic rings. The first kappa shape index (κ1) is 13.8. The van der Waals surface area contributed by atoms with Crippen LogP contribution in [-0.2, 0) is 0 Å². The summed E-state index contributed by atoms with van der Waals surface area (Å²) < 4.78 is 11.1. The van der Waals surface area contributed by atoms with Crippen LogP contribution in [0.5, 0.6) is 11.5 Å². The molecule has 1 N–H and O–H groups in total. The van der Waals surface area contributed by atoms with Gasteiger partial charge in [0.1, 0.15) is 18.1 Å². The second kappa shape index (κ2) is 5.32. The zero-order valence-electron chi connectivity index (χ0n) is 13.0. The molecule has 21 heavy (non-hydrogen) atoms. The molecule has 0 fully saturated rings. The number of methoxy groups -OCH3 is 1. The molecule has 3 heteroatoms. The zero-order chi connectivity index (χ0) is 15.0. The van der Waals surface area contributed by atoms with Crippen molar-refractivity contribution < 1.29 is 9.47 Å². The van der Waals surface area contributed by atoms with Crippen LogP contribution in [0, 0.1) is 20.8 Å². The van der Waals surface area contributed by atoms with Gasteiger partial charge < -0.3 is 14.8 Å². The van der Waals surface area contributed by atoms with Gasteiger partial charge in [-0.05, 0) is 60.7 Å². The lowest BCUT2D eigenvalue weighted by molar-refractivity contribution is 0.320. The number of hydrogen-bond acceptors (Lipinski definition) is 3. The Bertz CT molecular complexity index is 675. The molecule has 0 saturated carbocycles. The minimum absolute atomic E-state index is 0.731. The van der Waals surface area contributed by atoms with E-state index in [0.717, 1.165) is 30.3 Å². The summed E-state index contributed by atoms with van der Waals surface area (Å²) in [6.07, 6.45) is 0. The maximum Gasteiger partial charge on any atom is 0.145 e. The molecule has 0 unspecified atom stereocenters. The minimum atomic E-state index is 0.731. The van der Waals surface area contributed by atoms with Gasteiger partial charge in [0, 0.05) is 6.54 Å². The Morgan fingerprint density at radius 1 is 1.00 bits per heavy atom. The third-order valence-electron chi connectivity index (χ3n) is 4.28. The Balaban J connectivity index is 2.19. The van der Waals surface area contributed by atoms with Crippen LogP contribution >= 0.6 is 0 Å². The maximum atomic E-state index is 5.86. The molecule has 0 spiro atoms. The maximum absolute atomic E-state index is 5.86. The van der Waals surface area contributed by atoms with Gasteiger partial charge in [-0.3, -0.25) is 0 Å². The summed E-state index contributed by atoms with van der Waals surface area (Å²) in [5.74, 6) is 1.89. The van der Waals surface area contributed by atoms with E-state index in [-0.39, 0.29) is 0 Å². The van der Waals surface area contributed by atoms with Gasteiger partial charge in [0.15, 0.2) is 0 Å². The zero-order valence-corrected chi connectivity index (χ0v) is 13.0. The SMILES string of the molecule is COc1ccc(-c2c(C)c(C)c3c(c2C)NCCO3)cc1. The Hall–Kier alpha value is -2.16. The van der Waals surface area contributed by atoms with Crippen molar-refractivity contribution >= 4 is 5.69 Å². The standard InChI is InChI=1S/C18H21NO2/c1-11-12(2)18-17(19-9-10-21-18)13(3)16(11)14-5-7-15(20-4)8-6-14/h5-8,19H,9-10H2,1-4H3. The van der Waals surface area contributed by atoms with Crippen LogP contribution in [0.4, 0.5) is 5.69 Å². The van der Waals surface area contributed by atoms with Gasteiger partial charge in [-0.2, -0.15) is 0 Å². The summed E-state index contributed by atoms with van der Waals surface area (Å²) in [5.41, 5.74) is 7.37. The summed E-state index contributed by atoms with van der Waals surface area (Å²) in [7, 11) is 1.69. The number of anilines is 1. The molecule has 2 aromatic carbocycles. The topological polar surface area (TPSA) is 30.5 Å². The lowest BCUT2D eigenvalue weighted by Crippen LogP contribution is -2.20. The fourth-order valence-corrected chi connectivity index (χ4v) is 3.03. The highest BCUT2D eigenvalue weighted by Crippen LogP contribution is 2.43. The van der Waals surface area contributed by atoms with Crippen LogP contribution in [0.1, 0.15) is 16.7 Å². The smallest absolute Gasteiger partial charge is 0.145 e. The number of fused-ring (bicyclic) bond motifs is 1. The number of rotatable bonds is 2. The molecule has 3 nitrogen and oxygen atoms in total. The Labute approximate surface area is 125 Å². The molecule has 0 aliphatic carbocycles. The molecule has 3 rings (SSSR count). The van der Waals surface area contributed by atoms with Crippen molar-refractivity contribution in [3.05, 3.63) is 41.0 Å². The van der Waals surface area contributed by atoms with Gasteiger partial charge in [-0.15, -0.1) is 0 Å². The third-order valence-corrected chi connectivity index (χ3v) is 4.28. The molecule has 0 aromatic heterocycles. The van der Waals surface area contributed by atoms with Crippen LogP contribution in [0.25, 0.3) is 11.1 Å². The van der Waals surface area contributed by atoms with Crippen LogP contribution in [0.2, 0.25) is 0 Å². The van der Waals surface area contributed by atoms with Crippen molar-refractivity contribution in [2.45, 2.75) is 20.8 Å². The van der Waals surface area contributed by atoms with Crippen molar-refractivity contribution in [3.8, 4) is 22.6 Å². The molecule has 1 aliphatic rings. The molecule has 0 bridgehead atoms. The second-order valence-corrected chi connectivity index (χ2v) is 5.46. The number of nitrogens with one attached hydrogen (secondary N) is 1. The number of hydrogen-bond donors (Lipinski definition) is 1. The highest BCUT2D eigenvalue weighted by atomic mass is 16.5. The Morgan fingerprint density at radius 2 is 1.71 bits per heavy atom. The van der Waals surface area contributed by atoms with E-state index < -0.39 is 0 Å². The van der Waals surface area contributed by atoms with Gasteiger partial charge in [0.25, 0.3) is 0 Å². The molecule has 1 aliphatic heterocycles. The van der Waals surface area contributed by atoms with E-state index in [1.807, 2.05) is 12.1 Å². The van der Waals surface area contributed by atoms with Crippen molar-refractivity contribution in [1.82, 2.24) is 0 Å². The summed E-state index contributed by atoms with van der Waals surface area (Å²) >= 11 is 0. The molecule has 0 amide bonds. The average Bonchev–Trinajstić information content (AvgIpc) is 2.53. The second-order valence-electron chi connectivity index (χ2n) is 5.46. The van der Waals surface area contributed by atoms with Crippen molar-refractivity contribution in [2.75, 3.05) is 25.6 Å². The molecule has 0 saturated heterocycles. The monoisotopic (exact) mass is 283 g/mol. The Morgan fingerprint density at radius 3 is 2.38 bits per heavy atom. The number of benzene rings is 2. The molecular weight excluding hydrogens is 262 g/mol. The molecule has 0 atom stereocenters. The predicted octanol–water partition coefficient (Wildman–Crippen LogP) is 4.09. The fraction of sp³-hybridized carbons (Fsp3) is 0.333. The van der Waals surface area contributed by atoms with Crippen LogP contribution in [0.3, 0.4) is 0 Å². The highest BCUT2D eigenvalue weighted by molar-refractivity contribution is 5.83. The predicted molar refractivity (Wildman–Crippen MR) is 86.6 cm³/mol. The van der Waals surface area contributed by atoms with Gasteiger partial charge in [-0.1, -0.05) is 12.1 Å². The quantitative estimate of drug-likeness (QED) is 0.900. The molecule has 1 heterocycles. The van der Waals surface area contributed by atoms with E-state index in [1.54, 1.807) is 7.11 Å². The first-order chi connectivity index (χ1) is 10.1. The summed E-state index contributed by atoms with van der Waals surface area (Å²) in [4.78, 5) is 0. The lowest BCUT2D eigenvalue weighted by atomic mass is 9.90. The van der Waals surface area contributed by atoms with Gasteiger partial charge in [-0.25, -0.2) is 0 Å². The first-order valence-corrected chi connectivity index (χ1v) is 7.28. The summed E-state index contributed by atoms with van der Waals surface area (Å²) in [6.45, 7) is 8.05. The van der Waals surface area contributed by atoms with E-state index in [4.69, 9.17) is 9.47 Å². The third kappa shape index (κ3) is 2.23. The van der Waals surface area contributed by atoms with Crippen LogP contribution in [0.15, 0.2) is 24.3 Å². The summed E-state index contributed by atoms with van der Waals surface area (Å²) in [5, 5.41) is 3.48. The van der Waals surface area contributed by atoms with Crippen molar-refractivity contribution in [3.63, 3.8) is 0 Å². The molecule has 0 radical (unpaired) electrons. The summed E-state index contributed by atoms with van der Waals surface area (Å²) in [6, 6.07) is 8.24. The highest BCUT2D eigenvalue weighted by Gasteiger charge is 2.21. The van der Waals surface area contributed by atoms with Crippen LogP contribution < -0.4 is 14.8 Å². The van der Waals surface area contributed by atoms with Crippen molar-refractivity contribution in [1.29, 1.82) is 0 Å². The average molecular weight is 283 g/mol. The van der Waals surface area contributed by atoms with E-state index in [2.05, 4.69) is 38.2 Å². The van der Waals surface area contributed by atoms with Gasteiger partial charge in [0.2, 0.25) is 0 Å². The first-order valence-electron chi connectivity index (χ1n) is 7.28. The normalized spacial score (nSPS) is 13.1.